The normalized spacial score (nSPS) is 16.1. The Labute approximate surface area is 86.2 Å². The molecule has 3 nitrogen and oxygen atoms in total. The van der Waals surface area contributed by atoms with Gasteiger partial charge in [0.05, 0.1) is 21.6 Å². The zero-order valence-corrected chi connectivity index (χ0v) is 8.77. The zero-order chi connectivity index (χ0) is 9.54. The van der Waals surface area contributed by atoms with Crippen LogP contribution in [0.4, 0.5) is 5.69 Å². The van der Waals surface area contributed by atoms with Crippen LogP contribution < -0.4 is 5.32 Å². The van der Waals surface area contributed by atoms with E-state index in [1.807, 2.05) is 19.4 Å². The first-order chi connectivity index (χ1) is 6.88. The van der Waals surface area contributed by atoms with Crippen LogP contribution in [0.1, 0.15) is 23.8 Å². The molecule has 2 heterocycles. The van der Waals surface area contributed by atoms with Crippen LogP contribution in [0.2, 0.25) is 0 Å². The van der Waals surface area contributed by atoms with Gasteiger partial charge in [0.25, 0.3) is 0 Å². The van der Waals surface area contributed by atoms with Crippen LogP contribution in [-0.2, 0) is 0 Å². The lowest BCUT2D eigenvalue weighted by Gasteiger charge is -1.97. The van der Waals surface area contributed by atoms with Crippen molar-refractivity contribution in [1.29, 1.82) is 0 Å². The summed E-state index contributed by atoms with van der Waals surface area (Å²) in [6.07, 6.45) is 6.35. The number of rotatable bonds is 2. The molecule has 1 saturated carbocycles. The first kappa shape index (κ1) is 8.17. The Bertz CT molecular complexity index is 473. The Morgan fingerprint density at radius 1 is 1.43 bits per heavy atom. The highest BCUT2D eigenvalue weighted by molar-refractivity contribution is 7.18. The quantitative estimate of drug-likeness (QED) is 0.819. The Morgan fingerprint density at radius 3 is 3.00 bits per heavy atom. The largest absolute Gasteiger partial charge is 0.385 e. The van der Waals surface area contributed by atoms with E-state index in [-0.39, 0.29) is 0 Å². The Kier molecular flexibility index (Phi) is 1.70. The molecule has 0 radical (unpaired) electrons. The smallest absolute Gasteiger partial charge is 0.108 e. The predicted octanol–water partition coefficient (Wildman–Crippen LogP) is 2.61. The third-order valence-electron chi connectivity index (χ3n) is 2.52. The van der Waals surface area contributed by atoms with Crippen molar-refractivity contribution in [3.05, 3.63) is 17.4 Å². The van der Waals surface area contributed by atoms with Crippen LogP contribution in [0.15, 0.2) is 12.4 Å². The monoisotopic (exact) mass is 205 g/mol. The van der Waals surface area contributed by atoms with Crippen molar-refractivity contribution in [1.82, 2.24) is 9.97 Å². The van der Waals surface area contributed by atoms with Crippen LogP contribution in [0.25, 0.3) is 10.2 Å². The van der Waals surface area contributed by atoms with Gasteiger partial charge in [-0.05, 0) is 12.8 Å². The molecule has 0 spiro atoms. The SMILES string of the molecule is CNc1cncc2sc(C3CC3)nc12. The van der Waals surface area contributed by atoms with Gasteiger partial charge in [0.15, 0.2) is 0 Å². The van der Waals surface area contributed by atoms with Crippen molar-refractivity contribution in [3.8, 4) is 0 Å². The lowest BCUT2D eigenvalue weighted by atomic mass is 10.4. The molecule has 0 aromatic carbocycles. The van der Waals surface area contributed by atoms with E-state index < -0.39 is 0 Å². The van der Waals surface area contributed by atoms with E-state index in [4.69, 9.17) is 0 Å². The minimum absolute atomic E-state index is 0.733. The van der Waals surface area contributed by atoms with Gasteiger partial charge in [-0.15, -0.1) is 11.3 Å². The summed E-state index contributed by atoms with van der Waals surface area (Å²) in [5, 5.41) is 4.41. The van der Waals surface area contributed by atoms with Crippen LogP contribution in [0.3, 0.4) is 0 Å². The summed E-state index contributed by atoms with van der Waals surface area (Å²) in [7, 11) is 1.91. The van der Waals surface area contributed by atoms with E-state index in [0.29, 0.717) is 0 Å². The summed E-state index contributed by atoms with van der Waals surface area (Å²) in [4.78, 5) is 8.85. The first-order valence-electron chi connectivity index (χ1n) is 4.80. The molecule has 0 saturated heterocycles. The fourth-order valence-corrected chi connectivity index (χ4v) is 2.69. The van der Waals surface area contributed by atoms with Crippen molar-refractivity contribution in [2.24, 2.45) is 0 Å². The number of nitrogens with one attached hydrogen (secondary N) is 1. The summed E-state index contributed by atoms with van der Waals surface area (Å²) >= 11 is 1.78. The molecule has 2 aromatic rings. The van der Waals surface area contributed by atoms with Gasteiger partial charge in [0.1, 0.15) is 5.52 Å². The fourth-order valence-electron chi connectivity index (χ4n) is 1.56. The van der Waals surface area contributed by atoms with Crippen molar-refractivity contribution < 1.29 is 0 Å². The van der Waals surface area contributed by atoms with Crippen molar-refractivity contribution >= 4 is 27.2 Å². The number of hydrogen-bond donors (Lipinski definition) is 1. The highest BCUT2D eigenvalue weighted by Crippen LogP contribution is 2.43. The first-order valence-corrected chi connectivity index (χ1v) is 5.62. The number of pyridine rings is 1. The number of anilines is 1. The number of aromatic nitrogens is 2. The molecule has 0 aliphatic heterocycles. The number of nitrogens with zero attached hydrogens (tertiary/aromatic N) is 2. The summed E-state index contributed by atoms with van der Waals surface area (Å²) in [5.74, 6) is 0.733. The maximum atomic E-state index is 4.66. The van der Waals surface area contributed by atoms with Gasteiger partial charge < -0.3 is 5.32 Å². The van der Waals surface area contributed by atoms with Crippen LogP contribution in [-0.4, -0.2) is 17.0 Å². The van der Waals surface area contributed by atoms with Gasteiger partial charge in [0, 0.05) is 19.2 Å². The van der Waals surface area contributed by atoms with Crippen LogP contribution in [0, 0.1) is 0 Å². The number of thiazole rings is 1. The summed E-state index contributed by atoms with van der Waals surface area (Å²) in [6.45, 7) is 0. The van der Waals surface area contributed by atoms with Gasteiger partial charge >= 0.3 is 0 Å². The van der Waals surface area contributed by atoms with Gasteiger partial charge in [0.2, 0.25) is 0 Å². The summed E-state index contributed by atoms with van der Waals surface area (Å²) in [6, 6.07) is 0. The lowest BCUT2D eigenvalue weighted by molar-refractivity contribution is 1.10. The van der Waals surface area contributed by atoms with E-state index in [1.54, 1.807) is 11.3 Å². The average Bonchev–Trinajstić information content (AvgIpc) is 2.97. The molecule has 14 heavy (non-hydrogen) atoms. The molecule has 72 valence electrons. The minimum atomic E-state index is 0.733. The molecule has 0 bridgehead atoms. The highest BCUT2D eigenvalue weighted by Gasteiger charge is 2.27. The van der Waals surface area contributed by atoms with Crippen molar-refractivity contribution in [3.63, 3.8) is 0 Å². The molecule has 0 atom stereocenters. The van der Waals surface area contributed by atoms with Gasteiger partial charge in [-0.2, -0.15) is 0 Å². The maximum absolute atomic E-state index is 4.66. The van der Waals surface area contributed by atoms with E-state index in [2.05, 4.69) is 15.3 Å². The molecule has 0 amide bonds. The maximum Gasteiger partial charge on any atom is 0.108 e. The molecule has 1 aliphatic carbocycles. The summed E-state index contributed by atoms with van der Waals surface area (Å²) < 4.78 is 1.19. The number of fused-ring (bicyclic) bond motifs is 1. The Morgan fingerprint density at radius 2 is 2.29 bits per heavy atom. The number of hydrogen-bond acceptors (Lipinski definition) is 4. The van der Waals surface area contributed by atoms with Gasteiger partial charge in [-0.25, -0.2) is 4.98 Å². The molecule has 3 rings (SSSR count). The molecule has 1 N–H and O–H groups in total. The van der Waals surface area contributed by atoms with Gasteiger partial charge in [-0.3, -0.25) is 4.98 Å². The third-order valence-corrected chi connectivity index (χ3v) is 3.67. The second kappa shape index (κ2) is 2.92. The Balaban J connectivity index is 2.20. The topological polar surface area (TPSA) is 37.8 Å². The van der Waals surface area contributed by atoms with Crippen molar-refractivity contribution in [2.75, 3.05) is 12.4 Å². The highest BCUT2D eigenvalue weighted by atomic mass is 32.1. The zero-order valence-electron chi connectivity index (χ0n) is 7.95. The van der Waals surface area contributed by atoms with E-state index in [1.165, 1.54) is 22.5 Å². The van der Waals surface area contributed by atoms with E-state index in [0.717, 1.165) is 17.1 Å². The molecular formula is C10H11N3S. The molecule has 1 fully saturated rings. The summed E-state index contributed by atoms with van der Waals surface area (Å²) in [5.41, 5.74) is 2.11. The third kappa shape index (κ3) is 1.18. The molecule has 4 heteroatoms. The molecular weight excluding hydrogens is 194 g/mol. The second-order valence-electron chi connectivity index (χ2n) is 3.61. The average molecular weight is 205 g/mol. The fraction of sp³-hybridized carbons (Fsp3) is 0.400. The molecule has 1 aliphatic rings. The van der Waals surface area contributed by atoms with E-state index >= 15 is 0 Å². The predicted molar refractivity (Wildman–Crippen MR) is 58.9 cm³/mol. The van der Waals surface area contributed by atoms with Crippen LogP contribution in [0.5, 0.6) is 0 Å². The molecule has 2 aromatic heterocycles. The Hall–Kier alpha value is -1.16. The molecule has 0 unspecified atom stereocenters. The minimum Gasteiger partial charge on any atom is -0.385 e. The standard InChI is InChI=1S/C10H11N3S/c1-11-7-4-12-5-8-9(7)13-10(14-8)6-2-3-6/h4-6,11H,2-3H2,1H3. The lowest BCUT2D eigenvalue weighted by Crippen LogP contribution is -1.90. The van der Waals surface area contributed by atoms with Crippen molar-refractivity contribution in [2.45, 2.75) is 18.8 Å². The van der Waals surface area contributed by atoms with Crippen LogP contribution >= 0.6 is 11.3 Å². The van der Waals surface area contributed by atoms with Gasteiger partial charge in [-0.1, -0.05) is 0 Å². The van der Waals surface area contributed by atoms with E-state index in [9.17, 15) is 0 Å². The second-order valence-corrected chi connectivity index (χ2v) is 4.67.